The minimum absolute atomic E-state index is 0.107. The van der Waals surface area contributed by atoms with E-state index in [1.165, 1.54) is 6.07 Å². The Kier molecular flexibility index (Phi) is 7.55. The Hall–Kier alpha value is -2.94. The standard InChI is InChI=1S/C20H26ClN3O6/c1-6-28-17(25)16-11(2)22-18(26)24-14(16)10-29-15-8-7-12(9-13(15)21)23-19(27)30-20(3,4)5/h7-9,11H,6,10H2,1-5H3,(H,23,27)(H2,22,24,26)/t11-/m1/s1. The van der Waals surface area contributed by atoms with E-state index >= 15 is 0 Å². The fourth-order valence-corrected chi connectivity index (χ4v) is 2.90. The summed E-state index contributed by atoms with van der Waals surface area (Å²) in [6.45, 7) is 8.75. The van der Waals surface area contributed by atoms with Gasteiger partial charge in [-0.15, -0.1) is 0 Å². The van der Waals surface area contributed by atoms with Crippen molar-refractivity contribution in [1.29, 1.82) is 0 Å². The Morgan fingerprint density at radius 3 is 2.57 bits per heavy atom. The molecule has 0 unspecified atom stereocenters. The zero-order valence-corrected chi connectivity index (χ0v) is 18.3. The van der Waals surface area contributed by atoms with E-state index in [-0.39, 0.29) is 29.5 Å². The van der Waals surface area contributed by atoms with Crippen molar-refractivity contribution in [2.45, 2.75) is 46.3 Å². The molecule has 0 aliphatic carbocycles. The Labute approximate surface area is 180 Å². The molecule has 0 spiro atoms. The van der Waals surface area contributed by atoms with E-state index in [2.05, 4.69) is 16.0 Å². The largest absolute Gasteiger partial charge is 0.486 e. The summed E-state index contributed by atoms with van der Waals surface area (Å²) in [5, 5.41) is 7.99. The molecule has 0 aromatic heterocycles. The Balaban J connectivity index is 2.12. The first kappa shape index (κ1) is 23.3. The molecule has 0 bridgehead atoms. The first-order valence-corrected chi connectivity index (χ1v) is 9.78. The van der Waals surface area contributed by atoms with Gasteiger partial charge in [-0.05, 0) is 52.8 Å². The molecule has 0 saturated carbocycles. The van der Waals surface area contributed by atoms with Gasteiger partial charge in [-0.25, -0.2) is 14.4 Å². The first-order chi connectivity index (χ1) is 14.0. The molecule has 3 amide bonds. The number of nitrogens with one attached hydrogen (secondary N) is 3. The van der Waals surface area contributed by atoms with Crippen LogP contribution in [0.1, 0.15) is 34.6 Å². The van der Waals surface area contributed by atoms with Crippen molar-refractivity contribution < 1.29 is 28.6 Å². The van der Waals surface area contributed by atoms with Crippen LogP contribution in [0.2, 0.25) is 5.02 Å². The topological polar surface area (TPSA) is 115 Å². The summed E-state index contributed by atoms with van der Waals surface area (Å²) >= 11 is 6.25. The number of halogens is 1. The second kappa shape index (κ2) is 9.71. The van der Waals surface area contributed by atoms with E-state index < -0.39 is 29.7 Å². The molecule has 9 nitrogen and oxygen atoms in total. The highest BCUT2D eigenvalue weighted by molar-refractivity contribution is 6.32. The van der Waals surface area contributed by atoms with E-state index in [0.29, 0.717) is 11.4 Å². The number of anilines is 1. The van der Waals surface area contributed by atoms with Crippen molar-refractivity contribution >= 4 is 35.4 Å². The van der Waals surface area contributed by atoms with Crippen LogP contribution in [0, 0.1) is 0 Å². The summed E-state index contributed by atoms with van der Waals surface area (Å²) in [5.41, 5.74) is 0.363. The maximum atomic E-state index is 12.2. The zero-order chi connectivity index (χ0) is 22.5. The third kappa shape index (κ3) is 6.55. The summed E-state index contributed by atoms with van der Waals surface area (Å²) in [6.07, 6.45) is -0.608. The number of carbonyl (C=O) groups excluding carboxylic acids is 3. The minimum Gasteiger partial charge on any atom is -0.486 e. The lowest BCUT2D eigenvalue weighted by Gasteiger charge is -2.26. The van der Waals surface area contributed by atoms with Crippen LogP contribution in [0.25, 0.3) is 0 Å². The quantitative estimate of drug-likeness (QED) is 0.583. The number of amides is 3. The number of carbonyl (C=O) groups is 3. The van der Waals surface area contributed by atoms with Gasteiger partial charge in [-0.2, -0.15) is 0 Å². The van der Waals surface area contributed by atoms with E-state index in [4.69, 9.17) is 25.8 Å². The third-order valence-electron chi connectivity index (χ3n) is 3.81. The van der Waals surface area contributed by atoms with Crippen LogP contribution in [0.4, 0.5) is 15.3 Å². The van der Waals surface area contributed by atoms with Crippen LogP contribution >= 0.6 is 11.6 Å². The maximum absolute atomic E-state index is 12.2. The second-order valence-electron chi connectivity index (χ2n) is 7.49. The van der Waals surface area contributed by atoms with E-state index in [9.17, 15) is 14.4 Å². The molecule has 10 heteroatoms. The molecule has 1 aromatic rings. The van der Waals surface area contributed by atoms with E-state index in [1.54, 1.807) is 46.8 Å². The average molecular weight is 440 g/mol. The Morgan fingerprint density at radius 2 is 1.97 bits per heavy atom. The van der Waals surface area contributed by atoms with Crippen LogP contribution in [-0.2, 0) is 14.3 Å². The van der Waals surface area contributed by atoms with Crippen molar-refractivity contribution in [3.8, 4) is 5.75 Å². The van der Waals surface area contributed by atoms with Crippen molar-refractivity contribution in [2.75, 3.05) is 18.5 Å². The highest BCUT2D eigenvalue weighted by atomic mass is 35.5. The molecular formula is C20H26ClN3O6. The SMILES string of the molecule is CCOC(=O)C1=C(COc2ccc(NC(=O)OC(C)(C)C)cc2Cl)NC(=O)N[C@@H]1C. The molecule has 1 aromatic carbocycles. The van der Waals surface area contributed by atoms with Gasteiger partial charge < -0.3 is 24.8 Å². The second-order valence-corrected chi connectivity index (χ2v) is 7.90. The van der Waals surface area contributed by atoms with Crippen LogP contribution in [-0.4, -0.2) is 43.0 Å². The average Bonchev–Trinajstić information content (AvgIpc) is 2.58. The summed E-state index contributed by atoms with van der Waals surface area (Å²) in [4.78, 5) is 35.9. The molecule has 0 radical (unpaired) electrons. The van der Waals surface area contributed by atoms with Gasteiger partial charge >= 0.3 is 18.1 Å². The summed E-state index contributed by atoms with van der Waals surface area (Å²) in [7, 11) is 0. The number of rotatable bonds is 6. The van der Waals surface area contributed by atoms with Crippen molar-refractivity contribution in [3.63, 3.8) is 0 Å². The summed E-state index contributed by atoms with van der Waals surface area (Å²) in [5.74, 6) is -0.235. The van der Waals surface area contributed by atoms with Crippen LogP contribution in [0.5, 0.6) is 5.75 Å². The van der Waals surface area contributed by atoms with E-state index in [0.717, 1.165) is 0 Å². The van der Waals surface area contributed by atoms with Gasteiger partial charge in [0.15, 0.2) is 0 Å². The number of ether oxygens (including phenoxy) is 3. The molecule has 0 fully saturated rings. The van der Waals surface area contributed by atoms with Gasteiger partial charge in [0.2, 0.25) is 0 Å². The van der Waals surface area contributed by atoms with Crippen LogP contribution < -0.4 is 20.7 Å². The van der Waals surface area contributed by atoms with Gasteiger partial charge in [-0.3, -0.25) is 5.32 Å². The summed E-state index contributed by atoms with van der Waals surface area (Å²) in [6, 6.07) is 3.68. The highest BCUT2D eigenvalue weighted by Gasteiger charge is 2.30. The molecular weight excluding hydrogens is 414 g/mol. The van der Waals surface area contributed by atoms with Crippen molar-refractivity contribution in [1.82, 2.24) is 10.6 Å². The molecule has 1 atom stereocenters. The van der Waals surface area contributed by atoms with Crippen molar-refractivity contribution in [2.24, 2.45) is 0 Å². The number of hydrogen-bond acceptors (Lipinski definition) is 6. The minimum atomic E-state index is -0.627. The molecule has 30 heavy (non-hydrogen) atoms. The summed E-state index contributed by atoms with van der Waals surface area (Å²) < 4.78 is 15.9. The molecule has 0 saturated heterocycles. The molecule has 3 N–H and O–H groups in total. The van der Waals surface area contributed by atoms with E-state index in [1.807, 2.05) is 0 Å². The highest BCUT2D eigenvalue weighted by Crippen LogP contribution is 2.29. The lowest BCUT2D eigenvalue weighted by molar-refractivity contribution is -0.139. The van der Waals surface area contributed by atoms with Gasteiger partial charge in [0.1, 0.15) is 18.0 Å². The maximum Gasteiger partial charge on any atom is 0.412 e. The number of hydrogen-bond donors (Lipinski definition) is 3. The monoisotopic (exact) mass is 439 g/mol. The lowest BCUT2D eigenvalue weighted by atomic mass is 10.0. The Bertz CT molecular complexity index is 863. The van der Waals surface area contributed by atoms with Crippen molar-refractivity contribution in [3.05, 3.63) is 34.5 Å². The molecule has 1 aliphatic heterocycles. The Morgan fingerprint density at radius 1 is 1.27 bits per heavy atom. The lowest BCUT2D eigenvalue weighted by Crippen LogP contribution is -2.50. The predicted octanol–water partition coefficient (Wildman–Crippen LogP) is 3.58. The number of esters is 1. The van der Waals surface area contributed by atoms with Gasteiger partial charge in [0.25, 0.3) is 0 Å². The number of urea groups is 1. The van der Waals surface area contributed by atoms with Gasteiger partial charge in [0, 0.05) is 5.69 Å². The third-order valence-corrected chi connectivity index (χ3v) is 4.11. The fourth-order valence-electron chi connectivity index (χ4n) is 2.66. The molecule has 164 valence electrons. The smallest absolute Gasteiger partial charge is 0.412 e. The molecule has 2 rings (SSSR count). The van der Waals surface area contributed by atoms with Crippen LogP contribution in [0.15, 0.2) is 29.5 Å². The van der Waals surface area contributed by atoms with Gasteiger partial charge in [0.05, 0.1) is 28.9 Å². The normalized spacial score (nSPS) is 16.3. The predicted molar refractivity (Wildman–Crippen MR) is 112 cm³/mol. The fraction of sp³-hybridized carbons (Fsp3) is 0.450. The molecule has 1 heterocycles. The van der Waals surface area contributed by atoms with Gasteiger partial charge in [-0.1, -0.05) is 11.6 Å². The van der Waals surface area contributed by atoms with Crippen LogP contribution in [0.3, 0.4) is 0 Å². The molecule has 1 aliphatic rings. The number of benzene rings is 1. The first-order valence-electron chi connectivity index (χ1n) is 9.40. The zero-order valence-electron chi connectivity index (χ0n) is 17.6.